The summed E-state index contributed by atoms with van der Waals surface area (Å²) in [4.78, 5) is 2.46. The lowest BCUT2D eigenvalue weighted by Crippen LogP contribution is -2.38. The van der Waals surface area contributed by atoms with E-state index in [4.69, 9.17) is 0 Å². The van der Waals surface area contributed by atoms with Gasteiger partial charge in [-0.25, -0.2) is 0 Å². The lowest BCUT2D eigenvalue weighted by molar-refractivity contribution is 0.253. The summed E-state index contributed by atoms with van der Waals surface area (Å²) in [7, 11) is 2.23. The summed E-state index contributed by atoms with van der Waals surface area (Å²) in [6.07, 6.45) is 2.21. The number of nitrogens with one attached hydrogen (secondary N) is 1. The Labute approximate surface area is 116 Å². The molecule has 4 heteroatoms. The molecule has 0 aliphatic carbocycles. The van der Waals surface area contributed by atoms with Crippen LogP contribution in [0.1, 0.15) is 5.56 Å². The van der Waals surface area contributed by atoms with Crippen LogP contribution in [0, 0.1) is 0 Å². The van der Waals surface area contributed by atoms with Gasteiger partial charge in [0, 0.05) is 35.4 Å². The zero-order valence-corrected chi connectivity index (χ0v) is 12.7. The number of likely N-dealkylation sites (N-methyl/N-ethyl adjacent to an activating group) is 1. The summed E-state index contributed by atoms with van der Waals surface area (Å²) in [6.45, 7) is 3.27. The van der Waals surface area contributed by atoms with E-state index in [1.54, 1.807) is 0 Å². The Balaban J connectivity index is 1.96. The molecule has 1 aromatic rings. The van der Waals surface area contributed by atoms with Crippen LogP contribution in [-0.4, -0.2) is 42.6 Å². The first-order chi connectivity index (χ1) is 8.20. The molecule has 1 saturated heterocycles. The van der Waals surface area contributed by atoms with Crippen molar-refractivity contribution in [1.29, 1.82) is 0 Å². The summed E-state index contributed by atoms with van der Waals surface area (Å²) in [5, 5.41) is 4.20. The van der Waals surface area contributed by atoms with Gasteiger partial charge in [0.15, 0.2) is 0 Å². The van der Waals surface area contributed by atoms with Crippen LogP contribution in [-0.2, 0) is 6.54 Å². The van der Waals surface area contributed by atoms with Crippen molar-refractivity contribution >= 4 is 27.7 Å². The van der Waals surface area contributed by atoms with Crippen molar-refractivity contribution in [2.75, 3.05) is 26.4 Å². The highest BCUT2D eigenvalue weighted by molar-refractivity contribution is 9.10. The molecule has 17 heavy (non-hydrogen) atoms. The third-order valence-electron chi connectivity index (χ3n) is 3.34. The lowest BCUT2D eigenvalue weighted by atomic mass is 10.1. The molecule has 1 aliphatic heterocycles. The maximum Gasteiger partial charge on any atom is 0.0352 e. The highest BCUT2D eigenvalue weighted by atomic mass is 79.9. The Morgan fingerprint density at radius 3 is 2.71 bits per heavy atom. The maximum atomic E-state index is 3.48. The van der Waals surface area contributed by atoms with E-state index in [1.807, 2.05) is 11.8 Å². The summed E-state index contributed by atoms with van der Waals surface area (Å²) < 4.78 is 1.15. The Bertz CT molecular complexity index is 355. The van der Waals surface area contributed by atoms with Gasteiger partial charge in [0.05, 0.1) is 0 Å². The molecular weight excluding hydrogens is 296 g/mol. The van der Waals surface area contributed by atoms with Crippen LogP contribution in [0.4, 0.5) is 0 Å². The molecule has 1 fully saturated rings. The van der Waals surface area contributed by atoms with E-state index in [9.17, 15) is 0 Å². The van der Waals surface area contributed by atoms with E-state index in [1.165, 1.54) is 5.56 Å². The van der Waals surface area contributed by atoms with Crippen LogP contribution in [0.15, 0.2) is 28.7 Å². The van der Waals surface area contributed by atoms with Gasteiger partial charge in [-0.2, -0.15) is 11.8 Å². The molecule has 0 bridgehead atoms. The third-order valence-corrected chi connectivity index (χ3v) is 4.96. The van der Waals surface area contributed by atoms with Crippen molar-refractivity contribution in [3.8, 4) is 0 Å². The number of halogens is 1. The zero-order chi connectivity index (χ0) is 12.3. The van der Waals surface area contributed by atoms with E-state index >= 15 is 0 Å². The quantitative estimate of drug-likeness (QED) is 0.919. The average molecular weight is 315 g/mol. The van der Waals surface area contributed by atoms with Crippen LogP contribution >= 0.6 is 27.7 Å². The van der Waals surface area contributed by atoms with Crippen molar-refractivity contribution in [1.82, 2.24) is 10.2 Å². The second-order valence-corrected chi connectivity index (χ2v) is 6.53. The van der Waals surface area contributed by atoms with Gasteiger partial charge in [0.1, 0.15) is 0 Å². The van der Waals surface area contributed by atoms with E-state index in [-0.39, 0.29) is 0 Å². The smallest absolute Gasteiger partial charge is 0.0352 e. The van der Waals surface area contributed by atoms with Gasteiger partial charge in [-0.05, 0) is 31.0 Å². The first-order valence-electron chi connectivity index (χ1n) is 5.89. The predicted octanol–water partition coefficient (Wildman–Crippen LogP) is 2.58. The number of hydrogen-bond acceptors (Lipinski definition) is 3. The SMILES string of the molecule is CSC1CNCC1N(C)Cc1ccc(Br)cc1. The van der Waals surface area contributed by atoms with Crippen LogP contribution in [0.25, 0.3) is 0 Å². The van der Waals surface area contributed by atoms with Crippen molar-refractivity contribution in [3.05, 3.63) is 34.3 Å². The number of rotatable bonds is 4. The molecule has 2 nitrogen and oxygen atoms in total. The minimum absolute atomic E-state index is 0.647. The van der Waals surface area contributed by atoms with Gasteiger partial charge in [-0.15, -0.1) is 0 Å². The van der Waals surface area contributed by atoms with E-state index in [0.29, 0.717) is 6.04 Å². The molecule has 1 heterocycles. The summed E-state index contributed by atoms with van der Waals surface area (Å²) >= 11 is 5.44. The topological polar surface area (TPSA) is 15.3 Å². The largest absolute Gasteiger partial charge is 0.314 e. The van der Waals surface area contributed by atoms with Crippen LogP contribution in [0.3, 0.4) is 0 Å². The van der Waals surface area contributed by atoms with Crippen molar-refractivity contribution < 1.29 is 0 Å². The summed E-state index contributed by atoms with van der Waals surface area (Å²) in [6, 6.07) is 9.26. The lowest BCUT2D eigenvalue weighted by Gasteiger charge is -2.28. The molecule has 0 radical (unpaired) electrons. The van der Waals surface area contributed by atoms with Crippen molar-refractivity contribution in [2.45, 2.75) is 17.8 Å². The highest BCUT2D eigenvalue weighted by Crippen LogP contribution is 2.21. The molecular formula is C13H19BrN2S. The van der Waals surface area contributed by atoms with Crippen molar-refractivity contribution in [2.24, 2.45) is 0 Å². The Morgan fingerprint density at radius 2 is 2.06 bits per heavy atom. The monoisotopic (exact) mass is 314 g/mol. The molecule has 1 aromatic carbocycles. The van der Waals surface area contributed by atoms with Crippen LogP contribution in [0.5, 0.6) is 0 Å². The van der Waals surface area contributed by atoms with Crippen LogP contribution < -0.4 is 5.32 Å². The molecule has 94 valence electrons. The maximum absolute atomic E-state index is 3.48. The first-order valence-corrected chi connectivity index (χ1v) is 7.97. The minimum Gasteiger partial charge on any atom is -0.314 e. The summed E-state index contributed by atoms with van der Waals surface area (Å²) in [5.41, 5.74) is 1.38. The van der Waals surface area contributed by atoms with Crippen LogP contribution in [0.2, 0.25) is 0 Å². The molecule has 1 aliphatic rings. The molecule has 0 amide bonds. The van der Waals surface area contributed by atoms with Gasteiger partial charge in [0.2, 0.25) is 0 Å². The Kier molecular flexibility index (Phi) is 4.91. The molecule has 2 atom stereocenters. The van der Waals surface area contributed by atoms with Gasteiger partial charge < -0.3 is 5.32 Å². The fourth-order valence-corrected chi connectivity index (χ4v) is 3.48. The summed E-state index contributed by atoms with van der Waals surface area (Å²) in [5.74, 6) is 0. The molecule has 0 saturated carbocycles. The average Bonchev–Trinajstić information content (AvgIpc) is 2.80. The molecule has 2 rings (SSSR count). The van der Waals surface area contributed by atoms with E-state index in [0.717, 1.165) is 29.4 Å². The number of nitrogens with zero attached hydrogens (tertiary/aromatic N) is 1. The van der Waals surface area contributed by atoms with E-state index < -0.39 is 0 Å². The Morgan fingerprint density at radius 1 is 1.35 bits per heavy atom. The number of hydrogen-bond donors (Lipinski definition) is 1. The zero-order valence-electron chi connectivity index (χ0n) is 10.3. The number of thioether (sulfide) groups is 1. The second kappa shape index (κ2) is 6.23. The van der Waals surface area contributed by atoms with Gasteiger partial charge in [0.25, 0.3) is 0 Å². The predicted molar refractivity (Wildman–Crippen MR) is 79.6 cm³/mol. The van der Waals surface area contributed by atoms with Gasteiger partial charge >= 0.3 is 0 Å². The fourth-order valence-electron chi connectivity index (χ4n) is 2.32. The molecule has 0 aromatic heterocycles. The highest BCUT2D eigenvalue weighted by Gasteiger charge is 2.29. The van der Waals surface area contributed by atoms with Gasteiger partial charge in [-0.3, -0.25) is 4.90 Å². The number of benzene rings is 1. The van der Waals surface area contributed by atoms with Crippen molar-refractivity contribution in [3.63, 3.8) is 0 Å². The molecule has 0 spiro atoms. The fraction of sp³-hybridized carbons (Fsp3) is 0.538. The Hall–Kier alpha value is -0.0300. The molecule has 1 N–H and O–H groups in total. The van der Waals surface area contributed by atoms with E-state index in [2.05, 4.69) is 63.7 Å². The van der Waals surface area contributed by atoms with Gasteiger partial charge in [-0.1, -0.05) is 28.1 Å². The second-order valence-electron chi connectivity index (χ2n) is 4.54. The minimum atomic E-state index is 0.647. The molecule has 2 unspecified atom stereocenters. The normalized spacial score (nSPS) is 24.5. The first kappa shape index (κ1) is 13.4. The third kappa shape index (κ3) is 3.47. The standard InChI is InChI=1S/C13H19BrN2S/c1-16(12-7-15-8-13(12)17-2)9-10-3-5-11(14)6-4-10/h3-6,12-13,15H,7-9H2,1-2H3.